The maximum atomic E-state index is 11.1. The van der Waals surface area contributed by atoms with Gasteiger partial charge in [0.25, 0.3) is 0 Å². The lowest BCUT2D eigenvalue weighted by Crippen LogP contribution is -2.22. The number of hydrogen-bond donors (Lipinski definition) is 1. The van der Waals surface area contributed by atoms with Crippen molar-refractivity contribution < 1.29 is 9.53 Å². The van der Waals surface area contributed by atoms with E-state index in [1.807, 2.05) is 36.5 Å². The molecule has 2 aromatic carbocycles. The van der Waals surface area contributed by atoms with E-state index in [9.17, 15) is 4.79 Å². The largest absolute Gasteiger partial charge is 0.463 e. The second kappa shape index (κ2) is 9.31. The number of nitrogens with zero attached hydrogens (tertiary/aromatic N) is 1. The minimum atomic E-state index is -0.176. The van der Waals surface area contributed by atoms with Gasteiger partial charge in [-0.25, -0.2) is 4.98 Å². The van der Waals surface area contributed by atoms with Crippen LogP contribution in [0.25, 0.3) is 11.1 Å². The maximum Gasteiger partial charge on any atom is 0.302 e. The quantitative estimate of drug-likeness (QED) is 0.464. The zero-order valence-electron chi connectivity index (χ0n) is 17.0. The molecule has 0 amide bonds. The van der Waals surface area contributed by atoms with Crippen LogP contribution >= 0.6 is 11.6 Å². The normalized spacial score (nSPS) is 18.6. The number of carbonyl (C=O) groups is 1. The standard InChI is InChI=1S/C25H25ClN2O2/c1-17(29)30-24-12-9-19(10-13-24)18-5-7-20(8-6-18)21-11-14-25(27-16-21)28-23-4-2-3-22(26)15-23/h2-8,11,14-16,19,24H,9-10,12-13H2,1H3,(H,27,28). The van der Waals surface area contributed by atoms with E-state index in [-0.39, 0.29) is 12.1 Å². The highest BCUT2D eigenvalue weighted by Crippen LogP contribution is 2.35. The van der Waals surface area contributed by atoms with Gasteiger partial charge in [0.2, 0.25) is 0 Å². The molecular weight excluding hydrogens is 396 g/mol. The minimum Gasteiger partial charge on any atom is -0.463 e. The number of halogens is 1. The van der Waals surface area contributed by atoms with E-state index in [1.54, 1.807) is 0 Å². The van der Waals surface area contributed by atoms with Crippen LogP contribution < -0.4 is 5.32 Å². The first kappa shape index (κ1) is 20.4. The second-order valence-corrected chi connectivity index (χ2v) is 8.21. The van der Waals surface area contributed by atoms with Crippen LogP contribution in [-0.4, -0.2) is 17.1 Å². The summed E-state index contributed by atoms with van der Waals surface area (Å²) in [6.45, 7) is 1.49. The van der Waals surface area contributed by atoms with Gasteiger partial charge in [-0.2, -0.15) is 0 Å². The van der Waals surface area contributed by atoms with Gasteiger partial charge < -0.3 is 10.1 Å². The first-order valence-electron chi connectivity index (χ1n) is 10.3. The van der Waals surface area contributed by atoms with Gasteiger partial charge in [0, 0.05) is 29.4 Å². The predicted octanol–water partition coefficient (Wildman–Crippen LogP) is 6.73. The summed E-state index contributed by atoms with van der Waals surface area (Å²) in [5.74, 6) is 1.14. The molecule has 30 heavy (non-hydrogen) atoms. The number of aromatic nitrogens is 1. The van der Waals surface area contributed by atoms with Crippen molar-refractivity contribution in [1.29, 1.82) is 0 Å². The van der Waals surface area contributed by atoms with E-state index in [0.29, 0.717) is 10.9 Å². The molecule has 0 atom stereocenters. The Kier molecular flexibility index (Phi) is 6.34. The number of nitrogens with one attached hydrogen (secondary N) is 1. The Hall–Kier alpha value is -2.85. The van der Waals surface area contributed by atoms with E-state index >= 15 is 0 Å². The number of carbonyl (C=O) groups excluding carboxylic acids is 1. The van der Waals surface area contributed by atoms with Crippen molar-refractivity contribution in [3.63, 3.8) is 0 Å². The summed E-state index contributed by atoms with van der Waals surface area (Å²) < 4.78 is 5.35. The maximum absolute atomic E-state index is 11.1. The van der Waals surface area contributed by atoms with Crippen molar-refractivity contribution in [3.8, 4) is 11.1 Å². The Labute approximate surface area is 182 Å². The van der Waals surface area contributed by atoms with Gasteiger partial charge in [0.1, 0.15) is 11.9 Å². The number of esters is 1. The number of pyridine rings is 1. The fourth-order valence-corrected chi connectivity index (χ4v) is 4.24. The average molecular weight is 421 g/mol. The fraction of sp³-hybridized carbons (Fsp3) is 0.280. The van der Waals surface area contributed by atoms with E-state index in [1.165, 1.54) is 12.5 Å². The first-order valence-corrected chi connectivity index (χ1v) is 10.7. The lowest BCUT2D eigenvalue weighted by atomic mass is 9.82. The molecule has 0 radical (unpaired) electrons. The van der Waals surface area contributed by atoms with Crippen LogP contribution in [0.2, 0.25) is 5.02 Å². The highest BCUT2D eigenvalue weighted by molar-refractivity contribution is 6.30. The van der Waals surface area contributed by atoms with Gasteiger partial charge in [-0.1, -0.05) is 41.9 Å². The van der Waals surface area contributed by atoms with E-state index < -0.39 is 0 Å². The number of ether oxygens (including phenoxy) is 1. The van der Waals surface area contributed by atoms with Crippen molar-refractivity contribution in [2.24, 2.45) is 0 Å². The molecule has 0 saturated heterocycles. The average Bonchev–Trinajstić information content (AvgIpc) is 2.75. The number of rotatable bonds is 5. The summed E-state index contributed by atoms with van der Waals surface area (Å²) >= 11 is 6.03. The molecule has 0 spiro atoms. The summed E-state index contributed by atoms with van der Waals surface area (Å²) in [6, 6.07) is 20.4. The van der Waals surface area contributed by atoms with Crippen molar-refractivity contribution in [3.05, 3.63) is 77.4 Å². The lowest BCUT2D eigenvalue weighted by Gasteiger charge is -2.28. The Morgan fingerprint density at radius 1 is 1.00 bits per heavy atom. The number of hydrogen-bond acceptors (Lipinski definition) is 4. The van der Waals surface area contributed by atoms with Crippen LogP contribution in [0.3, 0.4) is 0 Å². The lowest BCUT2D eigenvalue weighted by molar-refractivity contribution is -0.147. The Morgan fingerprint density at radius 2 is 1.73 bits per heavy atom. The van der Waals surface area contributed by atoms with E-state index in [4.69, 9.17) is 16.3 Å². The topological polar surface area (TPSA) is 51.2 Å². The highest BCUT2D eigenvalue weighted by Gasteiger charge is 2.24. The third-order valence-electron chi connectivity index (χ3n) is 5.58. The summed E-state index contributed by atoms with van der Waals surface area (Å²) in [5, 5.41) is 3.96. The smallest absolute Gasteiger partial charge is 0.302 e. The molecule has 1 saturated carbocycles. The van der Waals surface area contributed by atoms with Crippen molar-refractivity contribution >= 4 is 29.1 Å². The third-order valence-corrected chi connectivity index (χ3v) is 5.82. The zero-order chi connectivity index (χ0) is 20.9. The van der Waals surface area contributed by atoms with E-state index in [0.717, 1.165) is 48.3 Å². The zero-order valence-corrected chi connectivity index (χ0v) is 17.7. The molecule has 0 bridgehead atoms. The molecule has 1 heterocycles. The monoisotopic (exact) mass is 420 g/mol. The van der Waals surface area contributed by atoms with Crippen LogP contribution in [0.15, 0.2) is 66.9 Å². The summed E-state index contributed by atoms with van der Waals surface area (Å²) in [4.78, 5) is 15.7. The fourth-order valence-electron chi connectivity index (χ4n) is 4.05. The Bertz CT molecular complexity index is 994. The molecule has 0 aliphatic heterocycles. The molecule has 3 aromatic rings. The molecule has 1 aliphatic carbocycles. The Morgan fingerprint density at radius 3 is 2.37 bits per heavy atom. The predicted molar refractivity (Wildman–Crippen MR) is 121 cm³/mol. The second-order valence-electron chi connectivity index (χ2n) is 7.77. The minimum absolute atomic E-state index is 0.0862. The van der Waals surface area contributed by atoms with Crippen LogP contribution in [0.4, 0.5) is 11.5 Å². The first-order chi connectivity index (χ1) is 14.6. The van der Waals surface area contributed by atoms with Gasteiger partial charge in [-0.15, -0.1) is 0 Å². The SMILES string of the molecule is CC(=O)OC1CCC(c2ccc(-c3ccc(Nc4cccc(Cl)c4)nc3)cc2)CC1. The number of benzene rings is 2. The molecule has 1 N–H and O–H groups in total. The number of anilines is 2. The van der Waals surface area contributed by atoms with Crippen LogP contribution in [0.1, 0.15) is 44.1 Å². The molecule has 1 fully saturated rings. The van der Waals surface area contributed by atoms with Crippen LogP contribution in [-0.2, 0) is 9.53 Å². The van der Waals surface area contributed by atoms with Gasteiger partial charge >= 0.3 is 5.97 Å². The molecule has 4 rings (SSSR count). The molecule has 5 heteroatoms. The Balaban J connectivity index is 1.37. The van der Waals surface area contributed by atoms with E-state index in [2.05, 4.69) is 40.6 Å². The molecule has 0 unspecified atom stereocenters. The van der Waals surface area contributed by atoms with Gasteiger partial charge in [-0.3, -0.25) is 4.79 Å². The van der Waals surface area contributed by atoms with Gasteiger partial charge in [-0.05, 0) is 73.1 Å². The molecular formula is C25H25ClN2O2. The molecule has 154 valence electrons. The summed E-state index contributed by atoms with van der Waals surface area (Å²) in [7, 11) is 0. The van der Waals surface area contributed by atoms with Gasteiger partial charge in [0.05, 0.1) is 0 Å². The van der Waals surface area contributed by atoms with Crippen LogP contribution in [0.5, 0.6) is 0 Å². The van der Waals surface area contributed by atoms with Gasteiger partial charge in [0.15, 0.2) is 0 Å². The highest BCUT2D eigenvalue weighted by atomic mass is 35.5. The van der Waals surface area contributed by atoms with Crippen molar-refractivity contribution in [1.82, 2.24) is 4.98 Å². The molecule has 4 nitrogen and oxygen atoms in total. The van der Waals surface area contributed by atoms with Crippen molar-refractivity contribution in [2.75, 3.05) is 5.32 Å². The molecule has 1 aliphatic rings. The summed E-state index contributed by atoms with van der Waals surface area (Å²) in [5.41, 5.74) is 4.49. The summed E-state index contributed by atoms with van der Waals surface area (Å²) in [6.07, 6.45) is 5.97. The molecule has 1 aromatic heterocycles. The van der Waals surface area contributed by atoms with Crippen LogP contribution in [0, 0.1) is 0 Å². The van der Waals surface area contributed by atoms with Crippen molar-refractivity contribution in [2.45, 2.75) is 44.6 Å². The third kappa shape index (κ3) is 5.19.